The number of anilines is 1. The Hall–Kier alpha value is -1.88. The van der Waals surface area contributed by atoms with Gasteiger partial charge in [0, 0.05) is 12.1 Å². The van der Waals surface area contributed by atoms with Crippen molar-refractivity contribution in [3.05, 3.63) is 34.7 Å². The first-order chi connectivity index (χ1) is 9.13. The van der Waals surface area contributed by atoms with Gasteiger partial charge in [-0.25, -0.2) is 0 Å². The molecule has 100 valence electrons. The molecule has 0 aliphatic carbocycles. The SMILES string of the molecule is CCCNC(=O)c1snc(-c2ccc(C)cc2)c1N. The lowest BCUT2D eigenvalue weighted by Crippen LogP contribution is -2.23. The maximum absolute atomic E-state index is 11.9. The zero-order valence-electron chi connectivity index (χ0n) is 11.1. The fourth-order valence-corrected chi connectivity index (χ4v) is 2.44. The molecule has 0 saturated carbocycles. The number of nitrogen functional groups attached to an aromatic ring is 1. The van der Waals surface area contributed by atoms with E-state index in [1.807, 2.05) is 38.1 Å². The van der Waals surface area contributed by atoms with E-state index in [4.69, 9.17) is 5.73 Å². The van der Waals surface area contributed by atoms with E-state index in [9.17, 15) is 4.79 Å². The van der Waals surface area contributed by atoms with Crippen molar-refractivity contribution in [3.8, 4) is 11.3 Å². The van der Waals surface area contributed by atoms with Gasteiger partial charge < -0.3 is 11.1 Å². The zero-order chi connectivity index (χ0) is 13.8. The number of aryl methyl sites for hydroxylation is 1. The van der Waals surface area contributed by atoms with E-state index in [0.29, 0.717) is 22.8 Å². The van der Waals surface area contributed by atoms with E-state index >= 15 is 0 Å². The van der Waals surface area contributed by atoms with Crippen LogP contribution in [-0.2, 0) is 0 Å². The van der Waals surface area contributed by atoms with E-state index in [2.05, 4.69) is 9.69 Å². The maximum Gasteiger partial charge on any atom is 0.265 e. The van der Waals surface area contributed by atoms with Gasteiger partial charge in [-0.05, 0) is 24.9 Å². The Kier molecular flexibility index (Phi) is 4.16. The van der Waals surface area contributed by atoms with Crippen molar-refractivity contribution < 1.29 is 4.79 Å². The normalized spacial score (nSPS) is 10.4. The first-order valence-corrected chi connectivity index (χ1v) is 7.01. The van der Waals surface area contributed by atoms with Gasteiger partial charge in [0.15, 0.2) is 0 Å². The minimum absolute atomic E-state index is 0.143. The van der Waals surface area contributed by atoms with Crippen molar-refractivity contribution in [3.63, 3.8) is 0 Å². The number of nitrogens with zero attached hydrogens (tertiary/aromatic N) is 1. The second-order valence-corrected chi connectivity index (χ2v) is 5.17. The number of hydrogen-bond acceptors (Lipinski definition) is 4. The summed E-state index contributed by atoms with van der Waals surface area (Å²) in [6.07, 6.45) is 0.898. The van der Waals surface area contributed by atoms with Crippen molar-refractivity contribution in [2.75, 3.05) is 12.3 Å². The lowest BCUT2D eigenvalue weighted by Gasteiger charge is -2.02. The van der Waals surface area contributed by atoms with E-state index in [1.54, 1.807) is 0 Å². The number of nitrogens with two attached hydrogens (primary N) is 1. The Bertz CT molecular complexity index is 575. The quantitative estimate of drug-likeness (QED) is 0.901. The van der Waals surface area contributed by atoms with E-state index in [1.165, 1.54) is 5.56 Å². The average Bonchev–Trinajstić information content (AvgIpc) is 2.79. The van der Waals surface area contributed by atoms with Crippen LogP contribution < -0.4 is 11.1 Å². The van der Waals surface area contributed by atoms with Crippen molar-refractivity contribution in [1.29, 1.82) is 0 Å². The highest BCUT2D eigenvalue weighted by atomic mass is 32.1. The van der Waals surface area contributed by atoms with Crippen molar-refractivity contribution in [2.45, 2.75) is 20.3 Å². The molecule has 2 rings (SSSR count). The highest BCUT2D eigenvalue weighted by Crippen LogP contribution is 2.30. The number of nitrogens with one attached hydrogen (secondary N) is 1. The van der Waals surface area contributed by atoms with Gasteiger partial charge in [0.1, 0.15) is 10.6 Å². The number of amides is 1. The Morgan fingerprint density at radius 3 is 2.68 bits per heavy atom. The molecule has 0 atom stereocenters. The molecule has 0 fully saturated rings. The van der Waals surface area contributed by atoms with Gasteiger partial charge in [-0.3, -0.25) is 4.79 Å². The zero-order valence-corrected chi connectivity index (χ0v) is 11.9. The van der Waals surface area contributed by atoms with Gasteiger partial charge in [-0.15, -0.1) is 0 Å². The van der Waals surface area contributed by atoms with Crippen molar-refractivity contribution in [2.24, 2.45) is 0 Å². The van der Waals surface area contributed by atoms with Crippen LogP contribution in [0, 0.1) is 6.92 Å². The summed E-state index contributed by atoms with van der Waals surface area (Å²) in [6.45, 7) is 4.68. The number of carbonyl (C=O) groups excluding carboxylic acids is 1. The van der Waals surface area contributed by atoms with Gasteiger partial charge in [-0.1, -0.05) is 36.8 Å². The molecule has 1 aromatic carbocycles. The minimum atomic E-state index is -0.143. The first kappa shape index (κ1) is 13.5. The van der Waals surface area contributed by atoms with Crippen molar-refractivity contribution >= 4 is 23.1 Å². The summed E-state index contributed by atoms with van der Waals surface area (Å²) in [6, 6.07) is 7.94. The standard InChI is InChI=1S/C14H17N3OS/c1-3-8-16-14(18)13-11(15)12(17-19-13)10-6-4-9(2)5-7-10/h4-7H,3,8,15H2,1-2H3,(H,16,18). The molecule has 1 amide bonds. The number of aromatic nitrogens is 1. The molecule has 1 heterocycles. The monoisotopic (exact) mass is 275 g/mol. The summed E-state index contributed by atoms with van der Waals surface area (Å²) in [5, 5.41) is 2.81. The lowest BCUT2D eigenvalue weighted by atomic mass is 10.1. The molecule has 5 heteroatoms. The predicted octanol–water partition coefficient (Wildman–Crippen LogP) is 2.84. The Morgan fingerprint density at radius 1 is 1.37 bits per heavy atom. The summed E-state index contributed by atoms with van der Waals surface area (Å²) < 4.78 is 4.30. The summed E-state index contributed by atoms with van der Waals surface area (Å²) in [4.78, 5) is 12.4. The Labute approximate surface area is 116 Å². The molecule has 0 aliphatic heterocycles. The lowest BCUT2D eigenvalue weighted by molar-refractivity contribution is 0.0958. The van der Waals surface area contributed by atoms with Gasteiger partial charge in [0.05, 0.1) is 5.69 Å². The molecule has 0 bridgehead atoms. The highest BCUT2D eigenvalue weighted by Gasteiger charge is 2.17. The molecule has 0 saturated heterocycles. The Morgan fingerprint density at radius 2 is 2.05 bits per heavy atom. The third-order valence-electron chi connectivity index (χ3n) is 2.79. The second kappa shape index (κ2) is 5.84. The third-order valence-corrected chi connectivity index (χ3v) is 3.66. The van der Waals surface area contributed by atoms with Crippen molar-refractivity contribution in [1.82, 2.24) is 9.69 Å². The second-order valence-electron chi connectivity index (χ2n) is 4.40. The van der Waals surface area contributed by atoms with Crippen LogP contribution in [0.4, 0.5) is 5.69 Å². The summed E-state index contributed by atoms with van der Waals surface area (Å²) in [5.74, 6) is -0.143. The van der Waals surface area contributed by atoms with Gasteiger partial charge in [0.25, 0.3) is 5.91 Å². The third kappa shape index (κ3) is 2.93. The molecule has 4 nitrogen and oxygen atoms in total. The van der Waals surface area contributed by atoms with E-state index in [-0.39, 0.29) is 5.91 Å². The summed E-state index contributed by atoms with van der Waals surface area (Å²) >= 11 is 1.15. The van der Waals surface area contributed by atoms with Crippen LogP contribution >= 0.6 is 11.5 Å². The topological polar surface area (TPSA) is 68.0 Å². The smallest absolute Gasteiger partial charge is 0.265 e. The predicted molar refractivity (Wildman–Crippen MR) is 79.3 cm³/mol. The van der Waals surface area contributed by atoms with E-state index in [0.717, 1.165) is 23.5 Å². The number of rotatable bonds is 4. The molecule has 3 N–H and O–H groups in total. The van der Waals surface area contributed by atoms with Gasteiger partial charge in [0.2, 0.25) is 0 Å². The van der Waals surface area contributed by atoms with Crippen LogP contribution in [0.25, 0.3) is 11.3 Å². The molecular weight excluding hydrogens is 258 g/mol. The van der Waals surface area contributed by atoms with E-state index < -0.39 is 0 Å². The van der Waals surface area contributed by atoms with Crippen LogP contribution in [0.5, 0.6) is 0 Å². The maximum atomic E-state index is 11.9. The molecule has 0 radical (unpaired) electrons. The molecule has 0 aliphatic rings. The van der Waals surface area contributed by atoms with Crippen LogP contribution in [0.1, 0.15) is 28.6 Å². The molecule has 0 spiro atoms. The summed E-state index contributed by atoms with van der Waals surface area (Å²) in [5.41, 5.74) is 9.30. The number of carbonyl (C=O) groups is 1. The summed E-state index contributed by atoms with van der Waals surface area (Å²) in [7, 11) is 0. The minimum Gasteiger partial charge on any atom is -0.396 e. The largest absolute Gasteiger partial charge is 0.396 e. The van der Waals surface area contributed by atoms with Crippen LogP contribution in [0.3, 0.4) is 0 Å². The molecule has 1 aromatic heterocycles. The van der Waals surface area contributed by atoms with Crippen LogP contribution in [0.2, 0.25) is 0 Å². The van der Waals surface area contributed by atoms with Crippen LogP contribution in [0.15, 0.2) is 24.3 Å². The Balaban J connectivity index is 2.27. The highest BCUT2D eigenvalue weighted by molar-refractivity contribution is 7.09. The fourth-order valence-electron chi connectivity index (χ4n) is 1.70. The number of benzene rings is 1. The fraction of sp³-hybridized carbons (Fsp3) is 0.286. The molecule has 2 aromatic rings. The van der Waals surface area contributed by atoms with Crippen LogP contribution in [-0.4, -0.2) is 16.8 Å². The van der Waals surface area contributed by atoms with Gasteiger partial charge >= 0.3 is 0 Å². The molecule has 19 heavy (non-hydrogen) atoms. The first-order valence-electron chi connectivity index (χ1n) is 6.24. The molecular formula is C14H17N3OS. The average molecular weight is 275 g/mol. The molecule has 0 unspecified atom stereocenters. The van der Waals surface area contributed by atoms with Gasteiger partial charge in [-0.2, -0.15) is 4.37 Å². The number of hydrogen-bond donors (Lipinski definition) is 2.